The molecule has 0 aliphatic rings. The number of amides is 2. The number of benzene rings is 2. The van der Waals surface area contributed by atoms with Crippen LogP contribution in [0, 0.1) is 11.6 Å². The molecular weight excluding hydrogens is 412 g/mol. The van der Waals surface area contributed by atoms with E-state index in [1.807, 2.05) is 0 Å². The third-order valence-corrected chi connectivity index (χ3v) is 4.81. The maximum Gasteiger partial charge on any atom is 0.270 e. The Kier molecular flexibility index (Phi) is 7.45. The van der Waals surface area contributed by atoms with E-state index in [2.05, 4.69) is 15.6 Å². The Labute approximate surface area is 175 Å². The summed E-state index contributed by atoms with van der Waals surface area (Å²) in [6, 6.07) is 11.7. The van der Waals surface area contributed by atoms with E-state index in [0.29, 0.717) is 10.6 Å². The fraction of sp³-hybridized carbons (Fsp3) is 0.190. The molecule has 0 fully saturated rings. The molecule has 1 heterocycles. The number of carbonyl (C=O) groups excluding carboxylic acids is 2. The van der Waals surface area contributed by atoms with E-state index in [9.17, 15) is 18.4 Å². The molecule has 0 saturated carbocycles. The summed E-state index contributed by atoms with van der Waals surface area (Å²) >= 11 is 1.23. The summed E-state index contributed by atoms with van der Waals surface area (Å²) in [6.07, 6.45) is 0.131. The average Bonchev–Trinajstić information content (AvgIpc) is 3.21. The Morgan fingerprint density at radius 1 is 1.00 bits per heavy atom. The zero-order valence-corrected chi connectivity index (χ0v) is 16.7. The van der Waals surface area contributed by atoms with Crippen molar-refractivity contribution in [2.45, 2.75) is 13.0 Å². The first-order valence-electron chi connectivity index (χ1n) is 9.12. The highest BCUT2D eigenvalue weighted by molar-refractivity contribution is 7.09. The van der Waals surface area contributed by atoms with Gasteiger partial charge in [0.2, 0.25) is 5.91 Å². The van der Waals surface area contributed by atoms with Crippen LogP contribution in [0.25, 0.3) is 0 Å². The van der Waals surface area contributed by atoms with Crippen LogP contribution in [0.15, 0.2) is 53.9 Å². The van der Waals surface area contributed by atoms with Crippen molar-refractivity contribution in [2.75, 3.05) is 13.1 Å². The molecule has 6 nitrogen and oxygen atoms in total. The Bertz CT molecular complexity index is 1010. The molecule has 0 saturated heterocycles. The number of hydrogen-bond acceptors (Lipinski definition) is 5. The van der Waals surface area contributed by atoms with Crippen molar-refractivity contribution >= 4 is 23.2 Å². The van der Waals surface area contributed by atoms with Gasteiger partial charge in [0.05, 0.1) is 6.42 Å². The van der Waals surface area contributed by atoms with E-state index in [1.54, 1.807) is 29.6 Å². The summed E-state index contributed by atoms with van der Waals surface area (Å²) in [6.45, 7) is 0.532. The van der Waals surface area contributed by atoms with Crippen LogP contribution in [0.5, 0.6) is 5.75 Å². The van der Waals surface area contributed by atoms with Gasteiger partial charge in [-0.3, -0.25) is 9.59 Å². The van der Waals surface area contributed by atoms with Crippen LogP contribution < -0.4 is 15.4 Å². The number of ether oxygens (including phenoxy) is 1. The highest BCUT2D eigenvalue weighted by Gasteiger charge is 2.12. The van der Waals surface area contributed by atoms with Crippen molar-refractivity contribution in [3.05, 3.63) is 81.8 Å². The number of para-hydroxylation sites is 1. The molecule has 0 atom stereocenters. The van der Waals surface area contributed by atoms with Gasteiger partial charge in [-0.05, 0) is 29.8 Å². The van der Waals surface area contributed by atoms with E-state index in [-0.39, 0.29) is 55.2 Å². The van der Waals surface area contributed by atoms with Gasteiger partial charge in [-0.25, -0.2) is 13.8 Å². The van der Waals surface area contributed by atoms with Gasteiger partial charge in [0.15, 0.2) is 11.6 Å². The Hall–Kier alpha value is -3.33. The number of carbonyl (C=O) groups is 2. The van der Waals surface area contributed by atoms with Crippen LogP contribution >= 0.6 is 11.3 Å². The Balaban J connectivity index is 1.37. The minimum absolute atomic E-state index is 0.0539. The van der Waals surface area contributed by atoms with Crippen molar-refractivity contribution < 1.29 is 23.1 Å². The minimum Gasteiger partial charge on any atom is -0.483 e. The van der Waals surface area contributed by atoms with Gasteiger partial charge in [0.1, 0.15) is 23.1 Å². The molecule has 0 unspecified atom stereocenters. The number of thiazole rings is 1. The number of nitrogens with zero attached hydrogens (tertiary/aromatic N) is 1. The van der Waals surface area contributed by atoms with Gasteiger partial charge < -0.3 is 15.4 Å². The topological polar surface area (TPSA) is 80.3 Å². The summed E-state index contributed by atoms with van der Waals surface area (Å²) in [7, 11) is 0. The first-order chi connectivity index (χ1) is 14.5. The normalized spacial score (nSPS) is 10.5. The van der Waals surface area contributed by atoms with Crippen LogP contribution in [0.4, 0.5) is 8.78 Å². The van der Waals surface area contributed by atoms with E-state index in [4.69, 9.17) is 4.74 Å². The lowest BCUT2D eigenvalue weighted by molar-refractivity contribution is -0.120. The molecule has 0 aliphatic heterocycles. The second-order valence-corrected chi connectivity index (χ2v) is 7.20. The van der Waals surface area contributed by atoms with Crippen LogP contribution in [0.3, 0.4) is 0 Å². The molecule has 0 spiro atoms. The molecule has 0 radical (unpaired) electrons. The molecule has 2 N–H and O–H groups in total. The molecule has 30 heavy (non-hydrogen) atoms. The Morgan fingerprint density at radius 2 is 1.73 bits per heavy atom. The molecule has 3 aromatic rings. The summed E-state index contributed by atoms with van der Waals surface area (Å²) in [4.78, 5) is 28.2. The average molecular weight is 431 g/mol. The quantitative estimate of drug-likeness (QED) is 0.511. The van der Waals surface area contributed by atoms with Gasteiger partial charge in [0, 0.05) is 18.5 Å². The largest absolute Gasteiger partial charge is 0.483 e. The molecule has 3 rings (SSSR count). The second-order valence-electron chi connectivity index (χ2n) is 6.25. The number of nitrogens with one attached hydrogen (secondary N) is 2. The first-order valence-corrected chi connectivity index (χ1v) is 10.0. The summed E-state index contributed by atoms with van der Waals surface area (Å²) in [5, 5.41) is 7.47. The molecule has 2 amide bonds. The fourth-order valence-corrected chi connectivity index (χ4v) is 3.19. The maximum atomic E-state index is 13.5. The summed E-state index contributed by atoms with van der Waals surface area (Å²) in [5.74, 6) is -1.30. The zero-order valence-electron chi connectivity index (χ0n) is 15.9. The smallest absolute Gasteiger partial charge is 0.270 e. The van der Waals surface area contributed by atoms with Crippen LogP contribution in [-0.2, 0) is 17.8 Å². The van der Waals surface area contributed by atoms with Crippen LogP contribution in [0.1, 0.15) is 21.1 Å². The van der Waals surface area contributed by atoms with E-state index in [0.717, 1.165) is 0 Å². The highest BCUT2D eigenvalue weighted by Crippen LogP contribution is 2.18. The van der Waals surface area contributed by atoms with Gasteiger partial charge in [-0.15, -0.1) is 11.3 Å². The Morgan fingerprint density at radius 3 is 2.50 bits per heavy atom. The van der Waals surface area contributed by atoms with Crippen molar-refractivity contribution in [2.24, 2.45) is 0 Å². The molecule has 0 aliphatic carbocycles. The SMILES string of the molecule is O=C(Cc1ccc(F)cc1)NCCNC(=O)c1csc(COc2ccccc2F)n1. The molecule has 1 aromatic heterocycles. The van der Waals surface area contributed by atoms with E-state index < -0.39 is 5.82 Å². The molecule has 9 heteroatoms. The van der Waals surface area contributed by atoms with Crippen molar-refractivity contribution in [3.8, 4) is 5.75 Å². The predicted molar refractivity (Wildman–Crippen MR) is 108 cm³/mol. The van der Waals surface area contributed by atoms with E-state index in [1.165, 1.54) is 35.6 Å². The standard InChI is InChI=1S/C21H19F2N3O3S/c22-15-7-5-14(6-8-15)11-19(27)24-9-10-25-21(28)17-13-30-20(26-17)12-29-18-4-2-1-3-16(18)23/h1-8,13H,9-12H2,(H,24,27)(H,25,28). The van der Waals surface area contributed by atoms with Crippen LogP contribution in [0.2, 0.25) is 0 Å². The summed E-state index contributed by atoms with van der Waals surface area (Å²) in [5.41, 5.74) is 0.926. The number of rotatable bonds is 9. The number of halogens is 2. The summed E-state index contributed by atoms with van der Waals surface area (Å²) < 4.78 is 31.8. The molecule has 0 bridgehead atoms. The lowest BCUT2D eigenvalue weighted by Gasteiger charge is -2.06. The van der Waals surface area contributed by atoms with E-state index >= 15 is 0 Å². The molecule has 2 aromatic carbocycles. The van der Waals surface area contributed by atoms with Crippen molar-refractivity contribution in [3.63, 3.8) is 0 Å². The zero-order chi connectivity index (χ0) is 21.3. The number of hydrogen-bond donors (Lipinski definition) is 2. The first kappa shape index (κ1) is 21.4. The fourth-order valence-electron chi connectivity index (χ4n) is 2.50. The highest BCUT2D eigenvalue weighted by atomic mass is 32.1. The second kappa shape index (κ2) is 10.4. The molecule has 156 valence electrons. The van der Waals surface area contributed by atoms with Gasteiger partial charge in [0.25, 0.3) is 5.91 Å². The lowest BCUT2D eigenvalue weighted by atomic mass is 10.1. The van der Waals surface area contributed by atoms with Crippen molar-refractivity contribution in [1.82, 2.24) is 15.6 Å². The monoisotopic (exact) mass is 431 g/mol. The van der Waals surface area contributed by atoms with Crippen LogP contribution in [-0.4, -0.2) is 29.9 Å². The minimum atomic E-state index is -0.464. The van der Waals surface area contributed by atoms with Gasteiger partial charge in [-0.1, -0.05) is 24.3 Å². The van der Waals surface area contributed by atoms with Gasteiger partial charge >= 0.3 is 0 Å². The third kappa shape index (κ3) is 6.35. The maximum absolute atomic E-state index is 13.5. The lowest BCUT2D eigenvalue weighted by Crippen LogP contribution is -2.35. The number of aromatic nitrogens is 1. The predicted octanol–water partition coefficient (Wildman–Crippen LogP) is 3.09. The third-order valence-electron chi connectivity index (χ3n) is 3.98. The van der Waals surface area contributed by atoms with Gasteiger partial charge in [-0.2, -0.15) is 0 Å². The molecular formula is C21H19F2N3O3S. The van der Waals surface area contributed by atoms with Crippen molar-refractivity contribution in [1.29, 1.82) is 0 Å².